The van der Waals surface area contributed by atoms with Crippen LogP contribution < -0.4 is 0 Å². The van der Waals surface area contributed by atoms with Crippen molar-refractivity contribution in [2.24, 2.45) is 10.9 Å². The topological polar surface area (TPSA) is 34.7 Å². The quantitative estimate of drug-likeness (QED) is 0.468. The maximum atomic E-state index is 12.8. The first-order valence-electron chi connectivity index (χ1n) is 11.4. The first-order valence-corrected chi connectivity index (χ1v) is 12.3. The smallest absolute Gasteiger partial charge is 0.302 e. The average molecular weight is 477 g/mol. The van der Waals surface area contributed by atoms with Gasteiger partial charge in [-0.1, -0.05) is 23.9 Å². The van der Waals surface area contributed by atoms with Crippen molar-refractivity contribution in [3.63, 3.8) is 0 Å². The molecule has 0 radical (unpaired) electrons. The Balaban J connectivity index is 1.11. The molecule has 1 aromatic heterocycles. The van der Waals surface area contributed by atoms with E-state index < -0.39 is 11.9 Å². The van der Waals surface area contributed by atoms with Gasteiger partial charge in [0.05, 0.1) is 14.1 Å². The Kier molecular flexibility index (Phi) is 5.68. The van der Waals surface area contributed by atoms with Crippen molar-refractivity contribution in [3.05, 3.63) is 52.8 Å². The number of alkyl halides is 3. The molecule has 1 saturated carbocycles. The molecule has 4 aliphatic rings. The van der Waals surface area contributed by atoms with E-state index in [2.05, 4.69) is 44.5 Å². The van der Waals surface area contributed by atoms with E-state index in [0.29, 0.717) is 5.92 Å². The molecule has 0 spiro atoms. The van der Waals surface area contributed by atoms with Crippen molar-refractivity contribution in [3.8, 4) is 0 Å². The highest BCUT2D eigenvalue weighted by atomic mass is 32.2. The summed E-state index contributed by atoms with van der Waals surface area (Å²) in [5.41, 5.74) is 2.48. The third-order valence-corrected chi connectivity index (χ3v) is 8.53. The molecule has 9 heteroatoms. The van der Waals surface area contributed by atoms with Crippen LogP contribution in [0.2, 0.25) is 0 Å². The van der Waals surface area contributed by atoms with Gasteiger partial charge in [0.15, 0.2) is 0 Å². The fourth-order valence-corrected chi connectivity index (χ4v) is 6.43. The number of likely N-dealkylation sites (tertiary alicyclic amines) is 1. The lowest BCUT2D eigenvalue weighted by molar-refractivity contribution is -0.495. The molecule has 176 valence electrons. The Labute approximate surface area is 196 Å². The van der Waals surface area contributed by atoms with Gasteiger partial charge in [0, 0.05) is 54.4 Å². The van der Waals surface area contributed by atoms with Crippen LogP contribution in [0.1, 0.15) is 37.4 Å². The van der Waals surface area contributed by atoms with Gasteiger partial charge in [0.1, 0.15) is 5.69 Å². The largest absolute Gasteiger partial charge is 0.433 e. The van der Waals surface area contributed by atoms with E-state index in [1.165, 1.54) is 22.8 Å². The molecular formula is C24H29F3N5S+. The van der Waals surface area contributed by atoms with E-state index in [1.807, 2.05) is 24.9 Å². The van der Waals surface area contributed by atoms with E-state index in [-0.39, 0.29) is 5.41 Å². The third-order valence-electron chi connectivity index (χ3n) is 7.23. The predicted octanol–water partition coefficient (Wildman–Crippen LogP) is 4.33. The molecule has 5 nitrogen and oxygen atoms in total. The highest BCUT2D eigenvalue weighted by Crippen LogP contribution is 2.59. The Morgan fingerprint density at radius 3 is 2.76 bits per heavy atom. The van der Waals surface area contributed by atoms with Crippen LogP contribution in [-0.4, -0.2) is 70.2 Å². The molecular weight excluding hydrogens is 447 g/mol. The number of hydrogen-bond acceptors (Lipinski definition) is 5. The summed E-state index contributed by atoms with van der Waals surface area (Å²) in [5, 5.41) is 1.26. The molecule has 5 rings (SSSR count). The van der Waals surface area contributed by atoms with Crippen molar-refractivity contribution < 1.29 is 17.7 Å². The van der Waals surface area contributed by atoms with E-state index in [4.69, 9.17) is 0 Å². The number of halogens is 3. The lowest BCUT2D eigenvalue weighted by Crippen LogP contribution is -2.46. The fraction of sp³-hybridized carbons (Fsp3) is 0.542. The summed E-state index contributed by atoms with van der Waals surface area (Å²) in [4.78, 5) is 12.8. The number of allylic oxidation sites excluding steroid dienone is 3. The Morgan fingerprint density at radius 1 is 1.30 bits per heavy atom. The molecule has 1 aromatic rings. The first kappa shape index (κ1) is 22.7. The van der Waals surface area contributed by atoms with Gasteiger partial charge in [-0.2, -0.15) is 13.2 Å². The van der Waals surface area contributed by atoms with Crippen molar-refractivity contribution in [1.82, 2.24) is 14.8 Å². The van der Waals surface area contributed by atoms with E-state index in [0.717, 1.165) is 62.0 Å². The fourth-order valence-electron chi connectivity index (χ4n) is 5.41. The molecule has 0 bridgehead atoms. The van der Waals surface area contributed by atoms with Crippen LogP contribution in [0.3, 0.4) is 0 Å². The Hall–Kier alpha value is -2.13. The number of nitrogens with zero attached hydrogens (tertiary/aromatic N) is 5. The zero-order valence-electron chi connectivity index (χ0n) is 19.2. The maximum absolute atomic E-state index is 12.8. The first-order chi connectivity index (χ1) is 15.7. The van der Waals surface area contributed by atoms with E-state index in [1.54, 1.807) is 6.07 Å². The molecule has 4 heterocycles. The maximum Gasteiger partial charge on any atom is 0.433 e. The van der Waals surface area contributed by atoms with Gasteiger partial charge in [-0.3, -0.25) is 9.98 Å². The van der Waals surface area contributed by atoms with Gasteiger partial charge < -0.3 is 4.90 Å². The van der Waals surface area contributed by atoms with Crippen molar-refractivity contribution in [2.45, 2.75) is 37.8 Å². The molecule has 3 aliphatic heterocycles. The van der Waals surface area contributed by atoms with Crippen LogP contribution in [0.25, 0.3) is 0 Å². The molecule has 2 fully saturated rings. The summed E-state index contributed by atoms with van der Waals surface area (Å²) >= 11 is 1.87. The number of aliphatic imine (C=N–C) groups is 1. The Bertz CT molecular complexity index is 1070. The molecule has 33 heavy (non-hydrogen) atoms. The standard InChI is InChI=1S/C24H29F3N5S/c1-16-5-6-17(12-28-16)21-30(2)22(31(21)3)33-10-4-9-32-14-19-11-23(19,15-32)18-7-8-20(29-13-18)24(25,26)27/h5,7-8,12-13,19H,4,6,9-11,14-15H2,1-3H3/q+1/t19-,23?/m0/s1. The SMILES string of the molecule is CC1=CCC(=C2N(C)C(SCCCN3C[C@@H]4CC4(c4ccc(C(F)(F)F)nc4)C3)=[N+]2C)C=N1. The van der Waals surface area contributed by atoms with Gasteiger partial charge in [-0.25, -0.2) is 9.48 Å². The molecule has 1 saturated heterocycles. The lowest BCUT2D eigenvalue weighted by Gasteiger charge is -2.32. The van der Waals surface area contributed by atoms with Crippen molar-refractivity contribution in [2.75, 3.05) is 39.5 Å². The molecule has 1 aliphatic carbocycles. The number of piperidine rings is 1. The van der Waals surface area contributed by atoms with Crippen LogP contribution >= 0.6 is 11.8 Å². The van der Waals surface area contributed by atoms with Gasteiger partial charge in [0.25, 0.3) is 5.17 Å². The van der Waals surface area contributed by atoms with Gasteiger partial charge in [0.2, 0.25) is 5.82 Å². The summed E-state index contributed by atoms with van der Waals surface area (Å²) in [6.45, 7) is 5.00. The highest BCUT2D eigenvalue weighted by molar-refractivity contribution is 8.13. The summed E-state index contributed by atoms with van der Waals surface area (Å²) in [6.07, 6.45) is 4.26. The molecule has 1 unspecified atom stereocenters. The van der Waals surface area contributed by atoms with Gasteiger partial charge in [-0.05, 0) is 43.9 Å². The van der Waals surface area contributed by atoms with Gasteiger partial charge in [-0.15, -0.1) is 0 Å². The molecule has 2 atom stereocenters. The number of thioether (sulfide) groups is 1. The summed E-state index contributed by atoms with van der Waals surface area (Å²) in [6, 6.07) is 2.76. The number of fused-ring (bicyclic) bond motifs is 1. The predicted molar refractivity (Wildman–Crippen MR) is 125 cm³/mol. The van der Waals surface area contributed by atoms with E-state index >= 15 is 0 Å². The van der Waals surface area contributed by atoms with Crippen LogP contribution in [-0.2, 0) is 11.6 Å². The number of amidine groups is 1. The lowest BCUT2D eigenvalue weighted by atomic mass is 9.96. The zero-order valence-corrected chi connectivity index (χ0v) is 20.0. The monoisotopic (exact) mass is 476 g/mol. The zero-order chi connectivity index (χ0) is 23.4. The van der Waals surface area contributed by atoms with Crippen molar-refractivity contribution >= 4 is 23.1 Å². The third kappa shape index (κ3) is 4.14. The van der Waals surface area contributed by atoms with Crippen LogP contribution in [0.15, 0.2) is 46.5 Å². The summed E-state index contributed by atoms with van der Waals surface area (Å²) in [7, 11) is 4.22. The Morgan fingerprint density at radius 2 is 2.12 bits per heavy atom. The highest BCUT2D eigenvalue weighted by Gasteiger charge is 2.60. The molecule has 0 amide bonds. The summed E-state index contributed by atoms with van der Waals surface area (Å²) in [5.74, 6) is 2.80. The second-order valence-electron chi connectivity index (χ2n) is 9.48. The number of hydrogen-bond donors (Lipinski definition) is 0. The minimum absolute atomic E-state index is 0.0167. The molecule has 0 aromatic carbocycles. The number of aromatic nitrogens is 1. The number of rotatable bonds is 5. The normalized spacial score (nSPS) is 29.3. The second-order valence-corrected chi connectivity index (χ2v) is 10.5. The molecule has 0 N–H and O–H groups in total. The average Bonchev–Trinajstić information content (AvgIpc) is 3.36. The number of pyridine rings is 1. The second kappa shape index (κ2) is 8.27. The van der Waals surface area contributed by atoms with Crippen LogP contribution in [0, 0.1) is 5.92 Å². The van der Waals surface area contributed by atoms with Gasteiger partial charge >= 0.3 is 6.18 Å². The van der Waals surface area contributed by atoms with E-state index in [9.17, 15) is 13.2 Å². The van der Waals surface area contributed by atoms with Crippen LogP contribution in [0.4, 0.5) is 13.2 Å². The minimum atomic E-state index is -4.38. The minimum Gasteiger partial charge on any atom is -0.302 e. The van der Waals surface area contributed by atoms with Crippen molar-refractivity contribution in [1.29, 1.82) is 0 Å². The van der Waals surface area contributed by atoms with Crippen LogP contribution in [0.5, 0.6) is 0 Å². The summed E-state index contributed by atoms with van der Waals surface area (Å²) < 4.78 is 40.7.